The maximum atomic E-state index is 11.6. The molecule has 1 heterocycles. The highest BCUT2D eigenvalue weighted by Gasteiger charge is 2.19. The van der Waals surface area contributed by atoms with E-state index in [1.54, 1.807) is 0 Å². The van der Waals surface area contributed by atoms with Crippen LogP contribution in [0.4, 0.5) is 4.79 Å². The number of alkyl carbamates (subject to hydrolysis) is 1. The van der Waals surface area contributed by atoms with Crippen molar-refractivity contribution < 1.29 is 14.3 Å². The van der Waals surface area contributed by atoms with Crippen molar-refractivity contribution in [3.05, 3.63) is 0 Å². The Morgan fingerprint density at radius 3 is 2.56 bits per heavy atom. The highest BCUT2D eigenvalue weighted by Crippen LogP contribution is 2.09. The summed E-state index contributed by atoms with van der Waals surface area (Å²) >= 11 is 0. The molecule has 0 aromatic rings. The summed E-state index contributed by atoms with van der Waals surface area (Å²) in [7, 11) is 0. The Kier molecular flexibility index (Phi) is 9.08. The van der Waals surface area contributed by atoms with Gasteiger partial charge in [0.15, 0.2) is 5.96 Å². The van der Waals surface area contributed by atoms with Crippen LogP contribution in [0, 0.1) is 0 Å². The highest BCUT2D eigenvalue weighted by atomic mass is 16.6. The van der Waals surface area contributed by atoms with Gasteiger partial charge in [-0.2, -0.15) is 0 Å². The number of aliphatic imine (C=N–C) groups is 1. The van der Waals surface area contributed by atoms with Gasteiger partial charge in [0.2, 0.25) is 5.91 Å². The second-order valence-electron chi connectivity index (χ2n) is 6.95. The van der Waals surface area contributed by atoms with Crippen LogP contribution in [-0.2, 0) is 9.53 Å². The number of nitrogens with one attached hydrogen (secondary N) is 3. The second kappa shape index (κ2) is 10.8. The Balaban J connectivity index is 2.21. The lowest BCUT2D eigenvalue weighted by molar-refractivity contribution is -0.127. The smallest absolute Gasteiger partial charge is 0.407 e. The lowest BCUT2D eigenvalue weighted by Crippen LogP contribution is -2.42. The lowest BCUT2D eigenvalue weighted by Gasteiger charge is -2.20. The van der Waals surface area contributed by atoms with E-state index in [0.717, 1.165) is 32.5 Å². The number of nitrogens with zero attached hydrogens (tertiary/aromatic N) is 2. The molecule has 1 aliphatic rings. The first-order valence-electron chi connectivity index (χ1n) is 9.08. The summed E-state index contributed by atoms with van der Waals surface area (Å²) in [5.41, 5.74) is -0.495. The van der Waals surface area contributed by atoms with Gasteiger partial charge in [-0.1, -0.05) is 0 Å². The molecule has 8 nitrogen and oxygen atoms in total. The molecule has 0 spiro atoms. The summed E-state index contributed by atoms with van der Waals surface area (Å²) < 4.78 is 5.17. The number of likely N-dealkylation sites (tertiary alicyclic amines) is 1. The fourth-order valence-electron chi connectivity index (χ4n) is 2.39. The van der Waals surface area contributed by atoms with Crippen LogP contribution in [0.2, 0.25) is 0 Å². The average molecular weight is 355 g/mol. The number of rotatable bonds is 8. The Labute approximate surface area is 150 Å². The Bertz CT molecular complexity index is 460. The third-order valence-corrected chi connectivity index (χ3v) is 3.46. The monoisotopic (exact) mass is 355 g/mol. The van der Waals surface area contributed by atoms with Gasteiger partial charge in [0.25, 0.3) is 0 Å². The number of hydrogen-bond acceptors (Lipinski definition) is 4. The summed E-state index contributed by atoms with van der Waals surface area (Å²) in [6.45, 7) is 11.5. The predicted octanol–water partition coefficient (Wildman–Crippen LogP) is 1.08. The molecule has 2 amide bonds. The molecule has 0 bridgehead atoms. The molecule has 1 rings (SSSR count). The maximum Gasteiger partial charge on any atom is 0.407 e. The highest BCUT2D eigenvalue weighted by molar-refractivity contribution is 5.80. The van der Waals surface area contributed by atoms with E-state index in [-0.39, 0.29) is 5.91 Å². The van der Waals surface area contributed by atoms with Crippen molar-refractivity contribution in [3.8, 4) is 0 Å². The van der Waals surface area contributed by atoms with Gasteiger partial charge in [-0.15, -0.1) is 0 Å². The van der Waals surface area contributed by atoms with Gasteiger partial charge < -0.3 is 25.6 Å². The summed E-state index contributed by atoms with van der Waals surface area (Å²) in [6.07, 6.45) is 2.07. The molecule has 1 saturated heterocycles. The van der Waals surface area contributed by atoms with Crippen LogP contribution in [0.15, 0.2) is 4.99 Å². The first kappa shape index (κ1) is 21.1. The van der Waals surface area contributed by atoms with Gasteiger partial charge in [0.05, 0.1) is 0 Å². The van der Waals surface area contributed by atoms with Crippen LogP contribution >= 0.6 is 0 Å². The van der Waals surface area contributed by atoms with Crippen molar-refractivity contribution in [3.63, 3.8) is 0 Å². The summed E-state index contributed by atoms with van der Waals surface area (Å²) in [5, 5.41) is 9.02. The molecule has 8 heteroatoms. The fourth-order valence-corrected chi connectivity index (χ4v) is 2.39. The second-order valence-corrected chi connectivity index (χ2v) is 6.95. The molecule has 0 unspecified atom stereocenters. The zero-order valence-electron chi connectivity index (χ0n) is 16.0. The van der Waals surface area contributed by atoms with Crippen molar-refractivity contribution in [2.75, 3.05) is 39.3 Å². The van der Waals surface area contributed by atoms with Crippen molar-refractivity contribution in [2.24, 2.45) is 4.99 Å². The molecular weight excluding hydrogens is 322 g/mol. The zero-order valence-corrected chi connectivity index (χ0v) is 16.0. The normalized spacial score (nSPS) is 15.3. The van der Waals surface area contributed by atoms with Crippen LogP contribution in [0.25, 0.3) is 0 Å². The van der Waals surface area contributed by atoms with E-state index >= 15 is 0 Å². The number of carbonyl (C=O) groups excluding carboxylic acids is 2. The van der Waals surface area contributed by atoms with Gasteiger partial charge in [0.1, 0.15) is 5.60 Å². The molecule has 3 N–H and O–H groups in total. The first-order chi connectivity index (χ1) is 11.8. The summed E-state index contributed by atoms with van der Waals surface area (Å²) in [5.74, 6) is 0.962. The van der Waals surface area contributed by atoms with E-state index in [9.17, 15) is 9.59 Å². The van der Waals surface area contributed by atoms with E-state index < -0.39 is 11.7 Å². The minimum atomic E-state index is -0.495. The van der Waals surface area contributed by atoms with E-state index in [1.165, 1.54) is 0 Å². The minimum absolute atomic E-state index is 0.252. The van der Waals surface area contributed by atoms with E-state index in [0.29, 0.717) is 32.0 Å². The van der Waals surface area contributed by atoms with Crippen molar-refractivity contribution in [1.29, 1.82) is 0 Å². The molecule has 0 saturated carbocycles. The van der Waals surface area contributed by atoms with Gasteiger partial charge >= 0.3 is 6.09 Å². The molecule has 0 aliphatic carbocycles. The van der Waals surface area contributed by atoms with E-state index in [4.69, 9.17) is 4.74 Å². The third-order valence-electron chi connectivity index (χ3n) is 3.46. The lowest BCUT2D eigenvalue weighted by atomic mass is 10.2. The molecule has 1 fully saturated rings. The largest absolute Gasteiger partial charge is 0.444 e. The zero-order chi connectivity index (χ0) is 18.7. The molecule has 1 aliphatic heterocycles. The molecule has 0 radical (unpaired) electrons. The Hall–Kier alpha value is -1.99. The number of hydrogen-bond donors (Lipinski definition) is 3. The molecule has 0 aromatic carbocycles. The third kappa shape index (κ3) is 9.79. The van der Waals surface area contributed by atoms with Crippen molar-refractivity contribution in [1.82, 2.24) is 20.9 Å². The molecule has 144 valence electrons. The van der Waals surface area contributed by atoms with E-state index in [2.05, 4.69) is 20.9 Å². The summed E-state index contributed by atoms with van der Waals surface area (Å²) in [6, 6.07) is 0. The SMILES string of the molecule is CCNC(=NCCCN1CCCC1=O)NCCNC(=O)OC(C)(C)C. The first-order valence-corrected chi connectivity index (χ1v) is 9.08. The van der Waals surface area contributed by atoms with Crippen LogP contribution in [-0.4, -0.2) is 67.7 Å². The van der Waals surface area contributed by atoms with Gasteiger partial charge in [-0.25, -0.2) is 4.79 Å². The number of amides is 2. The number of carbonyl (C=O) groups is 2. The predicted molar refractivity (Wildman–Crippen MR) is 98.6 cm³/mol. The molecule has 25 heavy (non-hydrogen) atoms. The van der Waals surface area contributed by atoms with Crippen molar-refractivity contribution in [2.45, 2.75) is 52.6 Å². The molecular formula is C17H33N5O3. The summed E-state index contributed by atoms with van der Waals surface area (Å²) in [4.78, 5) is 29.5. The van der Waals surface area contributed by atoms with Crippen LogP contribution in [0.5, 0.6) is 0 Å². The van der Waals surface area contributed by atoms with Crippen LogP contribution < -0.4 is 16.0 Å². The van der Waals surface area contributed by atoms with E-state index in [1.807, 2.05) is 32.6 Å². The van der Waals surface area contributed by atoms with Gasteiger partial charge in [-0.3, -0.25) is 9.79 Å². The number of ether oxygens (including phenoxy) is 1. The topological polar surface area (TPSA) is 95.1 Å². The number of guanidine groups is 1. The van der Waals surface area contributed by atoms with Crippen molar-refractivity contribution >= 4 is 18.0 Å². The molecule has 0 atom stereocenters. The molecule has 0 aromatic heterocycles. The fraction of sp³-hybridized carbons (Fsp3) is 0.824. The Morgan fingerprint density at radius 2 is 1.96 bits per heavy atom. The Morgan fingerprint density at radius 1 is 1.24 bits per heavy atom. The average Bonchev–Trinajstić information content (AvgIpc) is 2.91. The quantitative estimate of drug-likeness (QED) is 0.344. The maximum absolute atomic E-state index is 11.6. The van der Waals surface area contributed by atoms with Gasteiger partial charge in [0, 0.05) is 45.7 Å². The standard InChI is InChI=1S/C17H33N5O3/c1-5-18-15(19-9-7-13-22-12-6-8-14(22)23)20-10-11-21-16(24)25-17(2,3)4/h5-13H2,1-4H3,(H,21,24)(H2,18,19,20). The van der Waals surface area contributed by atoms with Crippen LogP contribution in [0.1, 0.15) is 47.0 Å². The van der Waals surface area contributed by atoms with Gasteiger partial charge in [-0.05, 0) is 40.5 Å². The minimum Gasteiger partial charge on any atom is -0.444 e. The van der Waals surface area contributed by atoms with Crippen LogP contribution in [0.3, 0.4) is 0 Å².